The summed E-state index contributed by atoms with van der Waals surface area (Å²) >= 11 is 6.97. The maximum atomic E-state index is 5.95. The Morgan fingerprint density at radius 1 is 1.00 bits per heavy atom. The first-order chi connectivity index (χ1) is 9.10. The number of benzene rings is 2. The van der Waals surface area contributed by atoms with Gasteiger partial charge in [0.05, 0.1) is 0 Å². The molecule has 0 radical (unpaired) electrons. The topological polar surface area (TPSA) is 9.23 Å². The van der Waals surface area contributed by atoms with Crippen LogP contribution in [0.25, 0.3) is 0 Å². The molecule has 19 heavy (non-hydrogen) atoms. The molecule has 0 fully saturated rings. The van der Waals surface area contributed by atoms with Gasteiger partial charge in [0.15, 0.2) is 0 Å². The number of rotatable bonds is 4. The standard InChI is InChI=1S/C16H16Br2O/c1-11-3-4-12(2)14(7-11)10-19-16-6-5-15(18)8-13(16)9-17/h3-8H,9-10H2,1-2H3. The molecule has 100 valence electrons. The minimum atomic E-state index is 0.606. The third-order valence-electron chi connectivity index (χ3n) is 3.05. The number of aryl methyl sites for hydroxylation is 2. The van der Waals surface area contributed by atoms with Gasteiger partial charge >= 0.3 is 0 Å². The van der Waals surface area contributed by atoms with E-state index in [1.807, 2.05) is 12.1 Å². The average molecular weight is 384 g/mol. The molecular weight excluding hydrogens is 368 g/mol. The Morgan fingerprint density at radius 2 is 1.79 bits per heavy atom. The molecule has 0 heterocycles. The second-order valence-electron chi connectivity index (χ2n) is 4.60. The normalized spacial score (nSPS) is 10.5. The lowest BCUT2D eigenvalue weighted by molar-refractivity contribution is 0.303. The molecule has 0 saturated heterocycles. The molecule has 0 saturated carbocycles. The van der Waals surface area contributed by atoms with E-state index in [0.29, 0.717) is 6.61 Å². The van der Waals surface area contributed by atoms with Crippen LogP contribution in [0.1, 0.15) is 22.3 Å². The molecule has 0 amide bonds. The number of halogens is 2. The molecule has 0 aliphatic heterocycles. The molecule has 3 heteroatoms. The van der Waals surface area contributed by atoms with E-state index in [1.54, 1.807) is 0 Å². The lowest BCUT2D eigenvalue weighted by Crippen LogP contribution is -2.00. The van der Waals surface area contributed by atoms with Crippen molar-refractivity contribution < 1.29 is 4.74 Å². The molecule has 0 aromatic heterocycles. The van der Waals surface area contributed by atoms with E-state index in [9.17, 15) is 0 Å². The lowest BCUT2D eigenvalue weighted by Gasteiger charge is -2.12. The Hall–Kier alpha value is -0.800. The van der Waals surface area contributed by atoms with Crippen LogP contribution < -0.4 is 4.74 Å². The molecule has 2 aromatic rings. The molecule has 1 nitrogen and oxygen atoms in total. The lowest BCUT2D eigenvalue weighted by atomic mass is 10.1. The highest BCUT2D eigenvalue weighted by molar-refractivity contribution is 9.10. The van der Waals surface area contributed by atoms with Crippen LogP contribution in [-0.2, 0) is 11.9 Å². The zero-order chi connectivity index (χ0) is 13.8. The zero-order valence-electron chi connectivity index (χ0n) is 11.0. The average Bonchev–Trinajstić information content (AvgIpc) is 2.40. The molecule has 0 atom stereocenters. The van der Waals surface area contributed by atoms with Crippen LogP contribution in [0.4, 0.5) is 0 Å². The number of hydrogen-bond donors (Lipinski definition) is 0. The van der Waals surface area contributed by atoms with Crippen molar-refractivity contribution in [2.75, 3.05) is 0 Å². The second kappa shape index (κ2) is 6.58. The van der Waals surface area contributed by atoms with Crippen molar-refractivity contribution in [3.8, 4) is 5.75 Å². The van der Waals surface area contributed by atoms with E-state index in [2.05, 4.69) is 70.0 Å². The van der Waals surface area contributed by atoms with E-state index in [-0.39, 0.29) is 0 Å². The van der Waals surface area contributed by atoms with Gasteiger partial charge < -0.3 is 4.74 Å². The Bertz CT molecular complexity index is 579. The van der Waals surface area contributed by atoms with Gasteiger partial charge in [-0.3, -0.25) is 0 Å². The van der Waals surface area contributed by atoms with Crippen LogP contribution in [0.5, 0.6) is 5.75 Å². The van der Waals surface area contributed by atoms with Crippen molar-refractivity contribution in [1.82, 2.24) is 0 Å². The first-order valence-corrected chi connectivity index (χ1v) is 8.05. The molecule has 0 bridgehead atoms. The molecule has 2 aromatic carbocycles. The van der Waals surface area contributed by atoms with Crippen molar-refractivity contribution in [3.63, 3.8) is 0 Å². The summed E-state index contributed by atoms with van der Waals surface area (Å²) in [5.74, 6) is 0.931. The fourth-order valence-electron chi connectivity index (χ4n) is 1.90. The predicted octanol–water partition coefficient (Wildman–Crippen LogP) is 5.54. The molecular formula is C16H16Br2O. The minimum Gasteiger partial charge on any atom is -0.489 e. The predicted molar refractivity (Wildman–Crippen MR) is 87.0 cm³/mol. The molecule has 2 rings (SSSR count). The van der Waals surface area contributed by atoms with Gasteiger partial charge in [0.1, 0.15) is 12.4 Å². The number of alkyl halides is 1. The van der Waals surface area contributed by atoms with E-state index in [1.165, 1.54) is 16.7 Å². The summed E-state index contributed by atoms with van der Waals surface area (Å²) in [6, 6.07) is 12.5. The number of hydrogen-bond acceptors (Lipinski definition) is 1. The summed E-state index contributed by atoms with van der Waals surface area (Å²) in [5.41, 5.74) is 4.92. The van der Waals surface area contributed by atoms with Gasteiger partial charge in [-0.05, 0) is 43.2 Å². The summed E-state index contributed by atoms with van der Waals surface area (Å²) in [6.45, 7) is 4.83. The van der Waals surface area contributed by atoms with E-state index >= 15 is 0 Å². The van der Waals surface area contributed by atoms with Crippen molar-refractivity contribution in [3.05, 3.63) is 63.1 Å². The summed E-state index contributed by atoms with van der Waals surface area (Å²) in [5, 5.41) is 0.786. The molecule has 0 unspecified atom stereocenters. The first-order valence-electron chi connectivity index (χ1n) is 6.13. The zero-order valence-corrected chi connectivity index (χ0v) is 14.2. The van der Waals surface area contributed by atoms with Gasteiger partial charge in [-0.15, -0.1) is 0 Å². The van der Waals surface area contributed by atoms with Crippen LogP contribution >= 0.6 is 31.9 Å². The minimum absolute atomic E-state index is 0.606. The largest absolute Gasteiger partial charge is 0.489 e. The van der Waals surface area contributed by atoms with Crippen LogP contribution in [-0.4, -0.2) is 0 Å². The Morgan fingerprint density at radius 3 is 2.53 bits per heavy atom. The maximum absolute atomic E-state index is 5.95. The van der Waals surface area contributed by atoms with Crippen molar-refractivity contribution in [2.24, 2.45) is 0 Å². The van der Waals surface area contributed by atoms with Crippen LogP contribution in [0.2, 0.25) is 0 Å². The summed E-state index contributed by atoms with van der Waals surface area (Å²) in [6.07, 6.45) is 0. The fourth-order valence-corrected chi connectivity index (χ4v) is 2.75. The van der Waals surface area contributed by atoms with E-state index < -0.39 is 0 Å². The maximum Gasteiger partial charge on any atom is 0.123 e. The van der Waals surface area contributed by atoms with Crippen LogP contribution in [0.3, 0.4) is 0 Å². The molecule has 0 aliphatic carbocycles. The molecule has 0 aliphatic rings. The molecule has 0 spiro atoms. The summed E-state index contributed by atoms with van der Waals surface area (Å²) in [7, 11) is 0. The Labute approximate surface area is 131 Å². The summed E-state index contributed by atoms with van der Waals surface area (Å²) in [4.78, 5) is 0. The van der Waals surface area contributed by atoms with Gasteiger partial charge in [-0.2, -0.15) is 0 Å². The highest BCUT2D eigenvalue weighted by Gasteiger charge is 2.05. The van der Waals surface area contributed by atoms with Gasteiger partial charge in [0.25, 0.3) is 0 Å². The van der Waals surface area contributed by atoms with Crippen molar-refractivity contribution >= 4 is 31.9 Å². The first kappa shape index (κ1) is 14.6. The monoisotopic (exact) mass is 382 g/mol. The highest BCUT2D eigenvalue weighted by atomic mass is 79.9. The fraction of sp³-hybridized carbons (Fsp3) is 0.250. The van der Waals surface area contributed by atoms with E-state index in [0.717, 1.165) is 21.1 Å². The van der Waals surface area contributed by atoms with Crippen molar-refractivity contribution in [1.29, 1.82) is 0 Å². The van der Waals surface area contributed by atoms with Crippen molar-refractivity contribution in [2.45, 2.75) is 25.8 Å². The highest BCUT2D eigenvalue weighted by Crippen LogP contribution is 2.26. The van der Waals surface area contributed by atoms with Gasteiger partial charge in [0.2, 0.25) is 0 Å². The third-order valence-corrected chi connectivity index (χ3v) is 4.15. The van der Waals surface area contributed by atoms with Crippen LogP contribution in [0.15, 0.2) is 40.9 Å². The van der Waals surface area contributed by atoms with Gasteiger partial charge in [0, 0.05) is 15.4 Å². The van der Waals surface area contributed by atoms with Crippen LogP contribution in [0, 0.1) is 13.8 Å². The SMILES string of the molecule is Cc1ccc(C)c(COc2ccc(Br)cc2CBr)c1. The second-order valence-corrected chi connectivity index (χ2v) is 6.08. The Balaban J connectivity index is 2.16. The van der Waals surface area contributed by atoms with Gasteiger partial charge in [-0.25, -0.2) is 0 Å². The Kier molecular flexibility index (Phi) is 5.06. The number of ether oxygens (including phenoxy) is 1. The quantitative estimate of drug-likeness (QED) is 0.629. The third kappa shape index (κ3) is 3.83. The van der Waals surface area contributed by atoms with Gasteiger partial charge in [-0.1, -0.05) is 55.6 Å². The van der Waals surface area contributed by atoms with E-state index in [4.69, 9.17) is 4.74 Å². The summed E-state index contributed by atoms with van der Waals surface area (Å²) < 4.78 is 7.02. The smallest absolute Gasteiger partial charge is 0.123 e. The molecule has 0 N–H and O–H groups in total.